The summed E-state index contributed by atoms with van der Waals surface area (Å²) < 4.78 is 5.80. The zero-order valence-electron chi connectivity index (χ0n) is 14.6. The molecule has 132 valence electrons. The van der Waals surface area contributed by atoms with Crippen molar-refractivity contribution in [1.82, 2.24) is 0 Å². The number of ether oxygens (including phenoxy) is 1. The van der Waals surface area contributed by atoms with Gasteiger partial charge in [0.1, 0.15) is 0 Å². The lowest BCUT2D eigenvalue weighted by Crippen LogP contribution is -2.34. The fourth-order valence-electron chi connectivity index (χ4n) is 3.19. The predicted octanol–water partition coefficient (Wildman–Crippen LogP) is 3.23. The SMILES string of the molecule is CCOC(C(=O)O)=P(c1ccccc1)(c1ccccc1)c1ccccc1. The summed E-state index contributed by atoms with van der Waals surface area (Å²) in [4.78, 5) is 12.3. The number of carboxylic acids is 1. The van der Waals surface area contributed by atoms with Crippen molar-refractivity contribution in [1.29, 1.82) is 0 Å². The van der Waals surface area contributed by atoms with Crippen LogP contribution < -0.4 is 15.9 Å². The largest absolute Gasteiger partial charge is 0.476 e. The molecule has 0 aromatic heterocycles. The van der Waals surface area contributed by atoms with Crippen LogP contribution >= 0.6 is 6.89 Å². The van der Waals surface area contributed by atoms with E-state index in [0.29, 0.717) is 6.61 Å². The Morgan fingerprint density at radius 1 is 0.769 bits per heavy atom. The van der Waals surface area contributed by atoms with E-state index in [0.717, 1.165) is 15.9 Å². The van der Waals surface area contributed by atoms with Gasteiger partial charge in [0.15, 0.2) is 5.48 Å². The Labute approximate surface area is 153 Å². The number of carbonyl (C=O) groups is 1. The first kappa shape index (κ1) is 18.2. The van der Waals surface area contributed by atoms with Crippen molar-refractivity contribution in [3.8, 4) is 0 Å². The van der Waals surface area contributed by atoms with Gasteiger partial charge in [-0.1, -0.05) is 91.0 Å². The van der Waals surface area contributed by atoms with Gasteiger partial charge >= 0.3 is 5.97 Å². The monoisotopic (exact) mass is 364 g/mol. The van der Waals surface area contributed by atoms with E-state index in [1.165, 1.54) is 0 Å². The van der Waals surface area contributed by atoms with Crippen molar-refractivity contribution >= 4 is 34.2 Å². The minimum Gasteiger partial charge on any atom is -0.476 e. The van der Waals surface area contributed by atoms with Gasteiger partial charge in [-0.05, 0) is 22.8 Å². The topological polar surface area (TPSA) is 46.5 Å². The first-order valence-corrected chi connectivity index (χ1v) is 10.3. The highest BCUT2D eigenvalue weighted by molar-refractivity contribution is 7.96. The van der Waals surface area contributed by atoms with E-state index in [2.05, 4.69) is 0 Å². The first-order valence-electron chi connectivity index (χ1n) is 8.50. The van der Waals surface area contributed by atoms with E-state index >= 15 is 0 Å². The van der Waals surface area contributed by atoms with Gasteiger partial charge in [0.05, 0.1) is 6.61 Å². The first-order chi connectivity index (χ1) is 12.7. The third kappa shape index (κ3) is 3.24. The quantitative estimate of drug-likeness (QED) is 0.683. The van der Waals surface area contributed by atoms with Gasteiger partial charge in [-0.15, -0.1) is 0 Å². The van der Waals surface area contributed by atoms with Crippen LogP contribution in [0.1, 0.15) is 6.92 Å². The highest BCUT2D eigenvalue weighted by atomic mass is 31.2. The zero-order chi connectivity index (χ0) is 18.4. The summed E-state index contributed by atoms with van der Waals surface area (Å²) in [6.07, 6.45) is 0. The highest BCUT2D eigenvalue weighted by Crippen LogP contribution is 2.46. The van der Waals surface area contributed by atoms with E-state index in [9.17, 15) is 9.90 Å². The molecule has 0 aliphatic rings. The summed E-state index contributed by atoms with van der Waals surface area (Å²) >= 11 is 0. The van der Waals surface area contributed by atoms with Crippen LogP contribution in [0.15, 0.2) is 91.0 Å². The molecule has 0 saturated carbocycles. The van der Waals surface area contributed by atoms with E-state index in [-0.39, 0.29) is 5.48 Å². The van der Waals surface area contributed by atoms with Crippen LogP contribution in [0.3, 0.4) is 0 Å². The zero-order valence-corrected chi connectivity index (χ0v) is 15.5. The Hall–Kier alpha value is -2.61. The molecule has 1 N–H and O–H groups in total. The van der Waals surface area contributed by atoms with Crippen LogP contribution in [0.5, 0.6) is 0 Å². The minimum atomic E-state index is -2.64. The van der Waals surface area contributed by atoms with E-state index in [1.54, 1.807) is 0 Å². The van der Waals surface area contributed by atoms with Gasteiger partial charge in [0, 0.05) is 6.89 Å². The second-order valence-corrected chi connectivity index (χ2v) is 9.02. The van der Waals surface area contributed by atoms with E-state index < -0.39 is 12.9 Å². The average Bonchev–Trinajstić information content (AvgIpc) is 2.70. The Kier molecular flexibility index (Phi) is 5.72. The summed E-state index contributed by atoms with van der Waals surface area (Å²) in [5.41, 5.74) is 0.114. The summed E-state index contributed by atoms with van der Waals surface area (Å²) in [5.74, 6) is -1.02. The van der Waals surface area contributed by atoms with E-state index in [4.69, 9.17) is 4.74 Å². The lowest BCUT2D eigenvalue weighted by atomic mass is 10.4. The normalized spacial score (nSPS) is 11.1. The molecule has 3 rings (SSSR count). The van der Waals surface area contributed by atoms with Gasteiger partial charge in [-0.3, -0.25) is 0 Å². The Balaban J connectivity index is 2.56. The molecule has 0 heterocycles. The molecule has 0 bridgehead atoms. The van der Waals surface area contributed by atoms with Gasteiger partial charge in [-0.2, -0.15) is 0 Å². The Bertz CT molecular complexity index is 816. The molecule has 0 spiro atoms. The number of carboxylic acid groups (broad SMARTS) is 1. The minimum absolute atomic E-state index is 0.114. The lowest BCUT2D eigenvalue weighted by molar-refractivity contribution is -0.130. The van der Waals surface area contributed by atoms with Crippen molar-refractivity contribution in [2.24, 2.45) is 0 Å². The molecule has 0 saturated heterocycles. The number of hydrogen-bond donors (Lipinski definition) is 1. The molecule has 0 atom stereocenters. The highest BCUT2D eigenvalue weighted by Gasteiger charge is 2.33. The molecular formula is C22H21O3P. The molecule has 4 heteroatoms. The van der Waals surface area contributed by atoms with Crippen LogP contribution in [0.25, 0.3) is 0 Å². The molecule has 3 aromatic rings. The maximum atomic E-state index is 12.3. The summed E-state index contributed by atoms with van der Waals surface area (Å²) in [7, 11) is 0. The molecule has 3 aromatic carbocycles. The summed E-state index contributed by atoms with van der Waals surface area (Å²) in [6.45, 7) is -0.522. The van der Waals surface area contributed by atoms with Gasteiger partial charge in [0.2, 0.25) is 0 Å². The number of hydrogen-bond acceptors (Lipinski definition) is 2. The van der Waals surface area contributed by atoms with Gasteiger partial charge in [-0.25, -0.2) is 4.79 Å². The second-order valence-electron chi connectivity index (χ2n) is 5.72. The maximum Gasteiger partial charge on any atom is 0.360 e. The Morgan fingerprint density at radius 3 is 1.38 bits per heavy atom. The van der Waals surface area contributed by atoms with Crippen molar-refractivity contribution in [3.05, 3.63) is 91.0 Å². The number of benzene rings is 3. The van der Waals surface area contributed by atoms with Crippen LogP contribution in [-0.4, -0.2) is 23.2 Å². The fraction of sp³-hybridized carbons (Fsp3) is 0.0909. The fourth-order valence-corrected chi connectivity index (χ4v) is 7.26. The van der Waals surface area contributed by atoms with Crippen LogP contribution in [0.2, 0.25) is 0 Å². The molecule has 0 unspecified atom stereocenters. The van der Waals surface area contributed by atoms with E-state index in [1.807, 2.05) is 97.9 Å². The van der Waals surface area contributed by atoms with Gasteiger partial charge in [0.25, 0.3) is 0 Å². The molecular weight excluding hydrogens is 343 g/mol. The molecule has 0 fully saturated rings. The van der Waals surface area contributed by atoms with Crippen molar-refractivity contribution in [2.75, 3.05) is 6.61 Å². The lowest BCUT2D eigenvalue weighted by Gasteiger charge is -2.30. The Morgan fingerprint density at radius 2 is 1.12 bits per heavy atom. The van der Waals surface area contributed by atoms with Crippen molar-refractivity contribution in [2.45, 2.75) is 6.92 Å². The number of aliphatic carboxylic acids is 1. The average molecular weight is 364 g/mol. The van der Waals surface area contributed by atoms with Crippen LogP contribution in [-0.2, 0) is 9.53 Å². The van der Waals surface area contributed by atoms with Crippen LogP contribution in [0.4, 0.5) is 0 Å². The molecule has 0 aliphatic heterocycles. The summed E-state index contributed by atoms with van der Waals surface area (Å²) in [6, 6.07) is 29.5. The molecule has 0 aliphatic carbocycles. The van der Waals surface area contributed by atoms with Crippen molar-refractivity contribution in [3.63, 3.8) is 0 Å². The van der Waals surface area contributed by atoms with Crippen LogP contribution in [0, 0.1) is 0 Å². The predicted molar refractivity (Wildman–Crippen MR) is 109 cm³/mol. The second kappa shape index (κ2) is 8.18. The third-order valence-electron chi connectivity index (χ3n) is 4.20. The van der Waals surface area contributed by atoms with Gasteiger partial charge < -0.3 is 9.84 Å². The molecule has 26 heavy (non-hydrogen) atoms. The molecule has 3 nitrogen and oxygen atoms in total. The number of rotatable bonds is 6. The maximum absolute atomic E-state index is 12.3. The third-order valence-corrected chi connectivity index (χ3v) is 8.35. The standard InChI is InChI=1S/C22H21O3P/c1-2-25-22(21(23)24)26(18-12-6-3-7-13-18,19-14-8-4-9-15-19)20-16-10-5-11-17-20/h3-17H,2H2,1H3,(H,23,24). The molecule has 0 amide bonds. The smallest absolute Gasteiger partial charge is 0.360 e. The molecule has 0 radical (unpaired) electrons. The van der Waals surface area contributed by atoms with Crippen molar-refractivity contribution < 1.29 is 14.6 Å². The summed E-state index contributed by atoms with van der Waals surface area (Å²) in [5, 5.41) is 13.0.